The van der Waals surface area contributed by atoms with Crippen molar-refractivity contribution in [1.82, 2.24) is 10.2 Å². The highest BCUT2D eigenvalue weighted by Gasteiger charge is 2.34. The molecule has 1 atom stereocenters. The zero-order valence-corrected chi connectivity index (χ0v) is 11.3. The van der Waals surface area contributed by atoms with Crippen LogP contribution in [0.25, 0.3) is 0 Å². The van der Waals surface area contributed by atoms with Crippen molar-refractivity contribution < 1.29 is 9.53 Å². The highest BCUT2D eigenvalue weighted by Crippen LogP contribution is 2.09. The number of likely N-dealkylation sites (N-methyl/N-ethyl adjacent to an activating group) is 2. The van der Waals surface area contributed by atoms with Crippen LogP contribution in [0.3, 0.4) is 0 Å². The van der Waals surface area contributed by atoms with Crippen LogP contribution in [0.1, 0.15) is 34.1 Å². The molecular weight excluding hydrogens is 204 g/mol. The zero-order chi connectivity index (χ0) is 12.6. The topological polar surface area (TPSA) is 41.6 Å². The lowest BCUT2D eigenvalue weighted by atomic mass is 10.0. The molecule has 0 aromatic rings. The molecule has 0 aliphatic rings. The monoisotopic (exact) mass is 230 g/mol. The van der Waals surface area contributed by atoms with E-state index >= 15 is 0 Å². The van der Waals surface area contributed by atoms with Crippen molar-refractivity contribution in [2.24, 2.45) is 0 Å². The molecule has 4 heteroatoms. The van der Waals surface area contributed by atoms with Crippen molar-refractivity contribution in [1.29, 1.82) is 0 Å². The molecule has 1 N–H and O–H groups in total. The van der Waals surface area contributed by atoms with E-state index in [1.165, 1.54) is 0 Å². The molecule has 0 saturated heterocycles. The predicted molar refractivity (Wildman–Crippen MR) is 66.5 cm³/mol. The molecule has 0 heterocycles. The van der Waals surface area contributed by atoms with Crippen molar-refractivity contribution in [3.8, 4) is 0 Å². The van der Waals surface area contributed by atoms with E-state index in [9.17, 15) is 4.79 Å². The van der Waals surface area contributed by atoms with Crippen LogP contribution in [-0.4, -0.2) is 49.7 Å². The Morgan fingerprint density at radius 3 is 2.38 bits per heavy atom. The van der Waals surface area contributed by atoms with Gasteiger partial charge in [-0.2, -0.15) is 0 Å². The summed E-state index contributed by atoms with van der Waals surface area (Å²) in [7, 11) is 1.80. The Morgan fingerprint density at radius 2 is 2.00 bits per heavy atom. The van der Waals surface area contributed by atoms with Gasteiger partial charge in [0.2, 0.25) is 0 Å². The molecule has 0 aliphatic carbocycles. The molecule has 1 unspecified atom stereocenters. The average molecular weight is 230 g/mol. The number of nitrogens with one attached hydrogen (secondary N) is 1. The lowest BCUT2D eigenvalue weighted by Gasteiger charge is -2.32. The maximum absolute atomic E-state index is 11.8. The molecule has 0 aliphatic heterocycles. The lowest BCUT2D eigenvalue weighted by molar-refractivity contribution is -0.151. The minimum Gasteiger partial charge on any atom is -0.465 e. The van der Waals surface area contributed by atoms with E-state index in [0.29, 0.717) is 13.2 Å². The van der Waals surface area contributed by atoms with E-state index in [0.717, 1.165) is 19.5 Å². The van der Waals surface area contributed by atoms with Crippen molar-refractivity contribution in [3.63, 3.8) is 0 Å². The van der Waals surface area contributed by atoms with E-state index in [2.05, 4.69) is 24.1 Å². The quantitative estimate of drug-likeness (QED) is 0.637. The van der Waals surface area contributed by atoms with Gasteiger partial charge in [0.15, 0.2) is 0 Å². The molecule has 0 amide bonds. The first-order valence-electron chi connectivity index (χ1n) is 6.12. The van der Waals surface area contributed by atoms with E-state index in [-0.39, 0.29) is 5.97 Å². The normalized spacial score (nSPS) is 14.9. The van der Waals surface area contributed by atoms with E-state index in [1.54, 1.807) is 7.05 Å². The number of hydrogen-bond acceptors (Lipinski definition) is 4. The molecule has 0 rings (SSSR count). The van der Waals surface area contributed by atoms with Crippen LogP contribution in [0.4, 0.5) is 0 Å². The molecular formula is C12H26N2O2. The van der Waals surface area contributed by atoms with Crippen LogP contribution < -0.4 is 5.32 Å². The van der Waals surface area contributed by atoms with Crippen LogP contribution in [0.2, 0.25) is 0 Å². The van der Waals surface area contributed by atoms with Gasteiger partial charge in [0.05, 0.1) is 6.61 Å². The van der Waals surface area contributed by atoms with E-state index < -0.39 is 5.54 Å². The van der Waals surface area contributed by atoms with Gasteiger partial charge in [-0.15, -0.1) is 0 Å². The fraction of sp³-hybridized carbons (Fsp3) is 0.917. The second kappa shape index (κ2) is 7.63. The fourth-order valence-electron chi connectivity index (χ4n) is 1.65. The van der Waals surface area contributed by atoms with Gasteiger partial charge in [0, 0.05) is 6.54 Å². The van der Waals surface area contributed by atoms with Crippen molar-refractivity contribution in [2.45, 2.75) is 39.7 Å². The summed E-state index contributed by atoms with van der Waals surface area (Å²) in [6, 6.07) is 0. The van der Waals surface area contributed by atoms with Crippen LogP contribution in [0.5, 0.6) is 0 Å². The molecule has 4 nitrogen and oxygen atoms in total. The van der Waals surface area contributed by atoms with Crippen LogP contribution >= 0.6 is 0 Å². The first kappa shape index (κ1) is 15.4. The molecule has 0 aromatic carbocycles. The summed E-state index contributed by atoms with van der Waals surface area (Å²) in [6.07, 6.45) is 1.09. The van der Waals surface area contributed by atoms with Gasteiger partial charge in [-0.1, -0.05) is 13.8 Å². The standard InChI is InChI=1S/C12H26N2O2/c1-6-9-14(7-2)10-12(4,13-5)11(15)16-8-3/h13H,6-10H2,1-5H3. The summed E-state index contributed by atoms with van der Waals surface area (Å²) >= 11 is 0. The lowest BCUT2D eigenvalue weighted by Crippen LogP contribution is -2.56. The van der Waals surface area contributed by atoms with Crippen molar-refractivity contribution >= 4 is 5.97 Å². The van der Waals surface area contributed by atoms with Gasteiger partial charge in [-0.05, 0) is 40.4 Å². The van der Waals surface area contributed by atoms with E-state index in [1.807, 2.05) is 13.8 Å². The molecule has 0 saturated carbocycles. The molecule has 0 bridgehead atoms. The maximum Gasteiger partial charge on any atom is 0.327 e. The second-order valence-corrected chi connectivity index (χ2v) is 4.17. The SMILES string of the molecule is CCCN(CC)CC(C)(NC)C(=O)OCC. The van der Waals surface area contributed by atoms with Crippen LogP contribution in [-0.2, 0) is 9.53 Å². The smallest absolute Gasteiger partial charge is 0.327 e. The Balaban J connectivity index is 4.49. The summed E-state index contributed by atoms with van der Waals surface area (Å²) < 4.78 is 5.09. The second-order valence-electron chi connectivity index (χ2n) is 4.17. The van der Waals surface area contributed by atoms with Gasteiger partial charge >= 0.3 is 5.97 Å². The molecule has 0 radical (unpaired) electrons. The molecule has 0 aromatic heterocycles. The first-order chi connectivity index (χ1) is 7.53. The summed E-state index contributed by atoms with van der Waals surface area (Å²) in [5.74, 6) is -0.174. The number of carbonyl (C=O) groups excluding carboxylic acids is 1. The highest BCUT2D eigenvalue weighted by atomic mass is 16.5. The van der Waals surface area contributed by atoms with Gasteiger partial charge < -0.3 is 15.0 Å². The van der Waals surface area contributed by atoms with Crippen LogP contribution in [0.15, 0.2) is 0 Å². The van der Waals surface area contributed by atoms with Gasteiger partial charge in [0.1, 0.15) is 5.54 Å². The van der Waals surface area contributed by atoms with Gasteiger partial charge in [-0.25, -0.2) is 0 Å². The van der Waals surface area contributed by atoms with Crippen molar-refractivity contribution in [3.05, 3.63) is 0 Å². The average Bonchev–Trinajstić information content (AvgIpc) is 2.28. The third-order valence-corrected chi connectivity index (χ3v) is 2.80. The first-order valence-corrected chi connectivity index (χ1v) is 6.12. The minimum atomic E-state index is -0.610. The summed E-state index contributed by atoms with van der Waals surface area (Å²) in [5, 5.41) is 3.07. The summed E-state index contributed by atoms with van der Waals surface area (Å²) in [5.41, 5.74) is -0.610. The Labute approximate surface area is 99.3 Å². The largest absolute Gasteiger partial charge is 0.465 e. The number of nitrogens with zero attached hydrogens (tertiary/aromatic N) is 1. The Hall–Kier alpha value is -0.610. The number of hydrogen-bond donors (Lipinski definition) is 1. The third-order valence-electron chi connectivity index (χ3n) is 2.80. The van der Waals surface area contributed by atoms with Gasteiger partial charge in [0.25, 0.3) is 0 Å². The van der Waals surface area contributed by atoms with Gasteiger partial charge in [-0.3, -0.25) is 4.79 Å². The number of ether oxygens (including phenoxy) is 1. The number of esters is 1. The number of carbonyl (C=O) groups is 1. The summed E-state index contributed by atoms with van der Waals surface area (Å²) in [4.78, 5) is 14.1. The van der Waals surface area contributed by atoms with E-state index in [4.69, 9.17) is 4.74 Å². The Bertz CT molecular complexity index is 209. The highest BCUT2D eigenvalue weighted by molar-refractivity contribution is 5.80. The minimum absolute atomic E-state index is 0.174. The molecule has 0 fully saturated rings. The zero-order valence-electron chi connectivity index (χ0n) is 11.3. The molecule has 96 valence electrons. The van der Waals surface area contributed by atoms with Crippen LogP contribution in [0, 0.1) is 0 Å². The molecule has 0 spiro atoms. The maximum atomic E-state index is 11.8. The summed E-state index contributed by atoms with van der Waals surface area (Å²) in [6.45, 7) is 11.0. The predicted octanol–water partition coefficient (Wildman–Crippen LogP) is 1.26. The Morgan fingerprint density at radius 1 is 1.38 bits per heavy atom. The number of rotatable bonds is 8. The molecule has 16 heavy (non-hydrogen) atoms. The third kappa shape index (κ3) is 4.49. The Kier molecular flexibility index (Phi) is 7.34. The fourth-order valence-corrected chi connectivity index (χ4v) is 1.65. The van der Waals surface area contributed by atoms with Crippen molar-refractivity contribution in [2.75, 3.05) is 33.3 Å².